The summed E-state index contributed by atoms with van der Waals surface area (Å²) in [5.41, 5.74) is 8.61. The molecule has 0 aromatic heterocycles. The molecule has 0 spiro atoms. The van der Waals surface area contributed by atoms with Gasteiger partial charge in [0.2, 0.25) is 0 Å². The third-order valence-corrected chi connectivity index (χ3v) is 5.32. The summed E-state index contributed by atoms with van der Waals surface area (Å²) in [5, 5.41) is 20.9. The smallest absolute Gasteiger partial charge is 0.384 e. The van der Waals surface area contributed by atoms with Gasteiger partial charge in [0.05, 0.1) is 12.7 Å². The molecule has 9 heteroatoms. The van der Waals surface area contributed by atoms with Crippen molar-refractivity contribution >= 4 is 11.7 Å². The second-order valence-electron chi connectivity index (χ2n) is 6.87. The van der Waals surface area contributed by atoms with E-state index in [4.69, 9.17) is 10.5 Å². The van der Waals surface area contributed by atoms with Gasteiger partial charge < -0.3 is 15.6 Å². The van der Waals surface area contributed by atoms with Crippen LogP contribution in [0.2, 0.25) is 0 Å². The molecule has 2 aromatic rings. The van der Waals surface area contributed by atoms with Gasteiger partial charge >= 0.3 is 12.0 Å². The van der Waals surface area contributed by atoms with Crippen molar-refractivity contribution in [1.82, 2.24) is 4.90 Å². The van der Waals surface area contributed by atoms with Gasteiger partial charge in [-0.2, -0.15) is 0 Å². The van der Waals surface area contributed by atoms with E-state index in [1.165, 1.54) is 31.4 Å². The van der Waals surface area contributed by atoms with E-state index in [-0.39, 0.29) is 11.3 Å². The lowest BCUT2D eigenvalue weighted by atomic mass is 9.85. The fourth-order valence-corrected chi connectivity index (χ4v) is 3.82. The van der Waals surface area contributed by atoms with E-state index in [1.54, 1.807) is 0 Å². The molecule has 0 fully saturated rings. The first-order chi connectivity index (χ1) is 13.8. The minimum absolute atomic E-state index is 0.0985. The largest absolute Gasteiger partial charge is 0.496 e. The summed E-state index contributed by atoms with van der Waals surface area (Å²) in [6.45, 7) is 3.91. The van der Waals surface area contributed by atoms with Crippen LogP contribution in [-0.2, 0) is 17.8 Å². The number of ether oxygens (including phenoxy) is 1. The maximum atomic E-state index is 14.0. The minimum atomic E-state index is -2.02. The van der Waals surface area contributed by atoms with E-state index in [0.29, 0.717) is 35.4 Å². The molecule has 1 aliphatic rings. The number of nitrogen functional groups attached to an aromatic ring is 1. The molecule has 0 amide bonds. The van der Waals surface area contributed by atoms with E-state index >= 15 is 0 Å². The molecule has 2 aromatic carbocycles. The Kier molecular flexibility index (Phi) is 5.69. The number of nitrogens with two attached hydrogens (primary N) is 1. The van der Waals surface area contributed by atoms with Crippen molar-refractivity contribution in [3.63, 3.8) is 0 Å². The molecular formula is C20H22FN3O5. The highest BCUT2D eigenvalue weighted by Gasteiger charge is 2.37. The molecule has 0 saturated carbocycles. The van der Waals surface area contributed by atoms with Gasteiger partial charge in [0.1, 0.15) is 11.6 Å². The number of methoxy groups -OCH3 is 1. The molecule has 1 aliphatic heterocycles. The molecule has 3 rings (SSSR count). The Bertz CT molecular complexity index is 965. The number of halogens is 1. The third-order valence-electron chi connectivity index (χ3n) is 5.32. The SMILES string of the molecule is CCN1CCc2c(-c3cc(F)ccc3OC)cc(C(C(=O)O)[N+](=O)[O-])c(N)c2C1. The number of nitro groups is 1. The number of nitrogens with zero attached hydrogens (tertiary/aromatic N) is 2. The zero-order valence-electron chi connectivity index (χ0n) is 16.1. The Morgan fingerprint density at radius 1 is 1.38 bits per heavy atom. The number of carbonyl (C=O) groups is 1. The van der Waals surface area contributed by atoms with Crippen LogP contribution in [0.3, 0.4) is 0 Å². The molecule has 29 heavy (non-hydrogen) atoms. The number of fused-ring (bicyclic) bond motifs is 1. The van der Waals surface area contributed by atoms with E-state index in [0.717, 1.165) is 18.7 Å². The minimum Gasteiger partial charge on any atom is -0.496 e. The summed E-state index contributed by atoms with van der Waals surface area (Å²) in [5.74, 6) is -1.72. The number of carboxylic acids is 1. The Hall–Kier alpha value is -3.20. The molecule has 1 heterocycles. The lowest BCUT2D eigenvalue weighted by Gasteiger charge is -2.31. The molecule has 154 valence electrons. The Balaban J connectivity index is 2.34. The van der Waals surface area contributed by atoms with Gasteiger partial charge in [0, 0.05) is 29.3 Å². The van der Waals surface area contributed by atoms with Crippen LogP contribution in [0.5, 0.6) is 5.75 Å². The number of rotatable bonds is 6. The molecule has 0 saturated heterocycles. The first-order valence-corrected chi connectivity index (χ1v) is 9.15. The fourth-order valence-electron chi connectivity index (χ4n) is 3.82. The van der Waals surface area contributed by atoms with Crippen molar-refractivity contribution in [2.24, 2.45) is 0 Å². The van der Waals surface area contributed by atoms with Crippen molar-refractivity contribution in [2.75, 3.05) is 25.9 Å². The van der Waals surface area contributed by atoms with Crippen LogP contribution in [0.15, 0.2) is 24.3 Å². The topological polar surface area (TPSA) is 119 Å². The first kappa shape index (κ1) is 20.5. The van der Waals surface area contributed by atoms with Crippen LogP contribution in [0, 0.1) is 15.9 Å². The van der Waals surface area contributed by atoms with Gasteiger partial charge in [0.15, 0.2) is 0 Å². The molecule has 3 N–H and O–H groups in total. The molecule has 0 radical (unpaired) electrons. The van der Waals surface area contributed by atoms with Gasteiger partial charge in [0.25, 0.3) is 0 Å². The van der Waals surface area contributed by atoms with Crippen molar-refractivity contribution in [1.29, 1.82) is 0 Å². The Morgan fingerprint density at radius 3 is 2.69 bits per heavy atom. The monoisotopic (exact) mass is 403 g/mol. The molecule has 0 aliphatic carbocycles. The first-order valence-electron chi connectivity index (χ1n) is 9.15. The number of hydrogen-bond donors (Lipinski definition) is 2. The van der Waals surface area contributed by atoms with E-state index in [2.05, 4.69) is 4.90 Å². The van der Waals surface area contributed by atoms with Crippen LogP contribution in [0.1, 0.15) is 29.7 Å². The van der Waals surface area contributed by atoms with E-state index in [9.17, 15) is 24.4 Å². The fraction of sp³-hybridized carbons (Fsp3) is 0.350. The summed E-state index contributed by atoms with van der Waals surface area (Å²) in [7, 11) is 1.44. The normalized spacial score (nSPS) is 14.9. The van der Waals surface area contributed by atoms with Crippen molar-refractivity contribution < 1.29 is 24.0 Å². The van der Waals surface area contributed by atoms with Crippen LogP contribution < -0.4 is 10.5 Å². The second-order valence-corrected chi connectivity index (χ2v) is 6.87. The molecule has 1 unspecified atom stereocenters. The standard InChI is InChI=1S/C20H22FN3O5/c1-3-23-7-6-12-13(14-8-11(21)4-5-17(14)29-2)9-15(18(22)16(12)10-23)19(20(25)26)24(27)28/h4-5,8-9,19H,3,6-7,10,22H2,1-2H3,(H,25,26). The number of anilines is 1. The van der Waals surface area contributed by atoms with Crippen LogP contribution in [0.4, 0.5) is 10.1 Å². The quantitative estimate of drug-likeness (QED) is 0.432. The summed E-state index contributed by atoms with van der Waals surface area (Å²) in [6, 6.07) is 3.38. The number of likely N-dealkylation sites (N-methyl/N-ethyl adjacent to an activating group) is 1. The van der Waals surface area contributed by atoms with Crippen molar-refractivity contribution in [3.05, 3.63) is 56.9 Å². The Labute approximate surface area is 166 Å². The zero-order valence-corrected chi connectivity index (χ0v) is 16.1. The summed E-state index contributed by atoms with van der Waals surface area (Å²) in [4.78, 5) is 24.3. The zero-order chi connectivity index (χ0) is 21.3. The summed E-state index contributed by atoms with van der Waals surface area (Å²) < 4.78 is 19.4. The van der Waals surface area contributed by atoms with Gasteiger partial charge in [-0.3, -0.25) is 15.0 Å². The molecule has 0 bridgehead atoms. The number of carboxylic acid groups (broad SMARTS) is 1. The number of benzene rings is 2. The maximum Gasteiger partial charge on any atom is 0.384 e. The van der Waals surface area contributed by atoms with Gasteiger partial charge in [-0.1, -0.05) is 6.92 Å². The highest BCUT2D eigenvalue weighted by molar-refractivity contribution is 5.83. The van der Waals surface area contributed by atoms with Crippen LogP contribution in [-0.4, -0.2) is 41.1 Å². The third kappa shape index (κ3) is 3.73. The molecular weight excluding hydrogens is 381 g/mol. The lowest BCUT2D eigenvalue weighted by Crippen LogP contribution is -2.32. The molecule has 1 atom stereocenters. The van der Waals surface area contributed by atoms with Gasteiger partial charge in [-0.05, 0) is 53.9 Å². The van der Waals surface area contributed by atoms with Crippen molar-refractivity contribution in [2.45, 2.75) is 25.9 Å². The van der Waals surface area contributed by atoms with E-state index in [1.807, 2.05) is 6.92 Å². The van der Waals surface area contributed by atoms with Crippen LogP contribution in [0.25, 0.3) is 11.1 Å². The van der Waals surface area contributed by atoms with Crippen LogP contribution >= 0.6 is 0 Å². The average molecular weight is 403 g/mol. The molecule has 8 nitrogen and oxygen atoms in total. The maximum absolute atomic E-state index is 14.0. The summed E-state index contributed by atoms with van der Waals surface area (Å²) >= 11 is 0. The van der Waals surface area contributed by atoms with Gasteiger partial charge in [-0.25, -0.2) is 9.18 Å². The van der Waals surface area contributed by atoms with E-state index < -0.39 is 22.8 Å². The summed E-state index contributed by atoms with van der Waals surface area (Å²) in [6.07, 6.45) is 0.596. The highest BCUT2D eigenvalue weighted by atomic mass is 19.1. The van der Waals surface area contributed by atoms with Gasteiger partial charge in [-0.15, -0.1) is 0 Å². The van der Waals surface area contributed by atoms with Crippen molar-refractivity contribution in [3.8, 4) is 16.9 Å². The number of hydrogen-bond acceptors (Lipinski definition) is 6. The Morgan fingerprint density at radius 2 is 2.10 bits per heavy atom. The second kappa shape index (κ2) is 8.04. The highest BCUT2D eigenvalue weighted by Crippen LogP contribution is 2.42. The lowest BCUT2D eigenvalue weighted by molar-refractivity contribution is -0.516. The predicted octanol–water partition coefficient (Wildman–Crippen LogP) is 2.86. The average Bonchev–Trinajstić information content (AvgIpc) is 2.69. The number of aliphatic carboxylic acids is 1. The predicted molar refractivity (Wildman–Crippen MR) is 105 cm³/mol.